The maximum Gasteiger partial charge on any atom is 0.164 e. The van der Waals surface area contributed by atoms with Crippen molar-refractivity contribution in [2.45, 2.75) is 56.8 Å². The van der Waals surface area contributed by atoms with E-state index >= 15 is 0 Å². The zero-order chi connectivity index (χ0) is 35.1. The molecule has 0 N–H and O–H groups in total. The van der Waals surface area contributed by atoms with E-state index < -0.39 is 0 Å². The lowest BCUT2D eigenvalue weighted by Crippen LogP contribution is -2.55. The highest BCUT2D eigenvalue weighted by atomic mass is 15.0. The number of aromatic nitrogens is 3. The molecule has 3 heteroatoms. The molecule has 6 aliphatic carbocycles. The van der Waals surface area contributed by atoms with Crippen LogP contribution in [0.1, 0.15) is 68.2 Å². The summed E-state index contributed by atoms with van der Waals surface area (Å²) in [6.07, 6.45) is 6.95. The minimum absolute atomic E-state index is 0.102. The van der Waals surface area contributed by atoms with Crippen molar-refractivity contribution in [3.8, 4) is 56.4 Å². The van der Waals surface area contributed by atoms with E-state index in [9.17, 15) is 0 Å². The summed E-state index contributed by atoms with van der Waals surface area (Å²) >= 11 is 0. The Morgan fingerprint density at radius 3 is 1.81 bits per heavy atom. The normalized spacial score (nSPS) is 25.0. The van der Waals surface area contributed by atoms with Gasteiger partial charge in [0.25, 0.3) is 0 Å². The lowest BCUT2D eigenvalue weighted by Gasteiger charge is -2.61. The van der Waals surface area contributed by atoms with Crippen LogP contribution < -0.4 is 0 Å². The molecule has 0 saturated heterocycles. The van der Waals surface area contributed by atoms with Gasteiger partial charge in [-0.1, -0.05) is 123 Å². The van der Waals surface area contributed by atoms with Crippen LogP contribution in [-0.2, 0) is 10.8 Å². The lowest BCUT2D eigenvalue weighted by molar-refractivity contribution is -0.0398. The van der Waals surface area contributed by atoms with Crippen LogP contribution in [0.2, 0.25) is 0 Å². The van der Waals surface area contributed by atoms with Crippen LogP contribution in [0.3, 0.4) is 0 Å². The molecule has 1 aromatic heterocycles. The molecule has 256 valence electrons. The van der Waals surface area contributed by atoms with Gasteiger partial charge in [0, 0.05) is 27.5 Å². The Kier molecular flexibility index (Phi) is 6.02. The Balaban J connectivity index is 1.08. The van der Waals surface area contributed by atoms with Crippen LogP contribution in [0, 0.1) is 23.7 Å². The molecule has 0 unspecified atom stereocenters. The standard InChI is InChI=1S/C50H41N3/c1-49(2)41-17-9-8-15-37(41)45-38(16-10-18-43(45)49)48-52-46(31-11-4-3-5-12-31)51-47(53-48)34-19-20-42-39(27-34)40-26-32-13-6-7-14-33(32)28-44(40)50(42)35-22-29-21-30(24-35)25-36(50)23-29/h3-20,26-30,35-36H,21-25H2,1-2H3. The maximum absolute atomic E-state index is 5.38. The Bertz CT molecular complexity index is 2640. The van der Waals surface area contributed by atoms with Crippen molar-refractivity contribution in [3.63, 3.8) is 0 Å². The number of fused-ring (bicyclic) bond motifs is 7. The number of rotatable bonds is 3. The monoisotopic (exact) mass is 683 g/mol. The summed E-state index contributed by atoms with van der Waals surface area (Å²) in [5.74, 6) is 5.41. The predicted octanol–water partition coefficient (Wildman–Crippen LogP) is 12.1. The third-order valence-electron chi connectivity index (χ3n) is 14.3. The third-order valence-corrected chi connectivity index (χ3v) is 14.3. The summed E-state index contributed by atoms with van der Waals surface area (Å²) in [5, 5.41) is 2.68. The van der Waals surface area contributed by atoms with Gasteiger partial charge in [0.2, 0.25) is 0 Å². The topological polar surface area (TPSA) is 38.7 Å². The quantitative estimate of drug-likeness (QED) is 0.186. The van der Waals surface area contributed by atoms with E-state index in [1.165, 1.54) is 76.3 Å². The lowest BCUT2D eigenvalue weighted by atomic mass is 9.43. The van der Waals surface area contributed by atoms with Gasteiger partial charge < -0.3 is 0 Å². The molecule has 0 amide bonds. The summed E-state index contributed by atoms with van der Waals surface area (Å²) < 4.78 is 0. The van der Waals surface area contributed by atoms with E-state index in [1.807, 2.05) is 0 Å². The van der Waals surface area contributed by atoms with Crippen LogP contribution in [0.5, 0.6) is 0 Å². The van der Waals surface area contributed by atoms with Crippen LogP contribution in [-0.4, -0.2) is 15.0 Å². The largest absolute Gasteiger partial charge is 0.208 e. The van der Waals surface area contributed by atoms with Crippen LogP contribution in [0.25, 0.3) is 67.2 Å². The van der Waals surface area contributed by atoms with Gasteiger partial charge in [-0.2, -0.15) is 0 Å². The summed E-state index contributed by atoms with van der Waals surface area (Å²) in [6, 6.07) is 47.2. The van der Waals surface area contributed by atoms with Crippen molar-refractivity contribution in [1.82, 2.24) is 15.0 Å². The third kappa shape index (κ3) is 4.03. The SMILES string of the molecule is CC1(C)c2ccccc2-c2c(-c3nc(-c4ccccc4)nc(-c4ccc5c(c4)-c4cc6ccccc6cc4C54C5CC6CC(C5)CC4C6)n3)cccc21. The van der Waals surface area contributed by atoms with Gasteiger partial charge in [0.1, 0.15) is 0 Å². The molecule has 6 aromatic carbocycles. The minimum Gasteiger partial charge on any atom is -0.208 e. The van der Waals surface area contributed by atoms with Gasteiger partial charge in [0.05, 0.1) is 0 Å². The minimum atomic E-state index is -0.106. The second kappa shape index (κ2) is 10.6. The molecule has 1 heterocycles. The first kappa shape index (κ1) is 30.1. The molecule has 0 radical (unpaired) electrons. The maximum atomic E-state index is 5.38. The van der Waals surface area contributed by atoms with Gasteiger partial charge in [-0.15, -0.1) is 0 Å². The van der Waals surface area contributed by atoms with Gasteiger partial charge in [-0.25, -0.2) is 15.0 Å². The van der Waals surface area contributed by atoms with Gasteiger partial charge in [-0.3, -0.25) is 0 Å². The number of hydrogen-bond donors (Lipinski definition) is 0. The fourth-order valence-electron chi connectivity index (χ4n) is 12.3. The average molecular weight is 684 g/mol. The van der Waals surface area contributed by atoms with Crippen molar-refractivity contribution >= 4 is 10.8 Å². The van der Waals surface area contributed by atoms with Crippen molar-refractivity contribution in [2.24, 2.45) is 23.7 Å². The van der Waals surface area contributed by atoms with E-state index in [0.29, 0.717) is 17.7 Å². The molecule has 7 aromatic rings. The van der Waals surface area contributed by atoms with Crippen molar-refractivity contribution < 1.29 is 0 Å². The summed E-state index contributed by atoms with van der Waals surface area (Å²) in [5.41, 5.74) is 14.2. The fraction of sp³-hybridized carbons (Fsp3) is 0.260. The second-order valence-electron chi connectivity index (χ2n) is 17.2. The van der Waals surface area contributed by atoms with E-state index in [0.717, 1.165) is 40.2 Å². The molecular weight excluding hydrogens is 643 g/mol. The first-order chi connectivity index (χ1) is 26.0. The van der Waals surface area contributed by atoms with Crippen LogP contribution in [0.4, 0.5) is 0 Å². The Morgan fingerprint density at radius 1 is 0.434 bits per heavy atom. The van der Waals surface area contributed by atoms with Crippen molar-refractivity contribution in [3.05, 3.63) is 150 Å². The van der Waals surface area contributed by atoms with Gasteiger partial charge >= 0.3 is 0 Å². The van der Waals surface area contributed by atoms with E-state index in [2.05, 4.69) is 141 Å². The summed E-state index contributed by atoms with van der Waals surface area (Å²) in [4.78, 5) is 15.9. The molecule has 4 bridgehead atoms. The van der Waals surface area contributed by atoms with Gasteiger partial charge in [-0.05, 0) is 129 Å². The number of hydrogen-bond acceptors (Lipinski definition) is 3. The smallest absolute Gasteiger partial charge is 0.164 e. The second-order valence-corrected chi connectivity index (χ2v) is 17.2. The Labute approximate surface area is 311 Å². The van der Waals surface area contributed by atoms with Crippen molar-refractivity contribution in [2.75, 3.05) is 0 Å². The zero-order valence-corrected chi connectivity index (χ0v) is 30.3. The van der Waals surface area contributed by atoms with E-state index in [1.54, 1.807) is 11.1 Å². The molecular formula is C50H41N3. The molecule has 0 atom stereocenters. The molecule has 6 aliphatic rings. The van der Waals surface area contributed by atoms with Gasteiger partial charge in [0.15, 0.2) is 17.5 Å². The van der Waals surface area contributed by atoms with Crippen LogP contribution >= 0.6 is 0 Å². The van der Waals surface area contributed by atoms with E-state index in [4.69, 9.17) is 15.0 Å². The molecule has 13 rings (SSSR count). The molecule has 4 fully saturated rings. The average Bonchev–Trinajstić information content (AvgIpc) is 3.60. The summed E-state index contributed by atoms with van der Waals surface area (Å²) in [6.45, 7) is 4.66. The molecule has 0 aliphatic heterocycles. The summed E-state index contributed by atoms with van der Waals surface area (Å²) in [7, 11) is 0. The first-order valence-electron chi connectivity index (χ1n) is 19.7. The highest BCUT2D eigenvalue weighted by molar-refractivity contribution is 5.95. The zero-order valence-electron chi connectivity index (χ0n) is 30.3. The number of nitrogens with zero attached hydrogens (tertiary/aromatic N) is 3. The highest BCUT2D eigenvalue weighted by Crippen LogP contribution is 2.69. The molecule has 53 heavy (non-hydrogen) atoms. The van der Waals surface area contributed by atoms with Crippen LogP contribution in [0.15, 0.2) is 127 Å². The molecule has 1 spiro atoms. The van der Waals surface area contributed by atoms with Crippen molar-refractivity contribution in [1.29, 1.82) is 0 Å². The number of benzene rings is 6. The predicted molar refractivity (Wildman–Crippen MR) is 214 cm³/mol. The Morgan fingerprint density at radius 2 is 1.04 bits per heavy atom. The Hall–Kier alpha value is -5.41. The molecule has 3 nitrogen and oxygen atoms in total. The first-order valence-corrected chi connectivity index (χ1v) is 19.7. The fourth-order valence-corrected chi connectivity index (χ4v) is 12.3. The van der Waals surface area contributed by atoms with E-state index in [-0.39, 0.29) is 10.8 Å². The molecule has 4 saturated carbocycles. The highest BCUT2D eigenvalue weighted by Gasteiger charge is 2.61.